The molecule has 0 aliphatic carbocycles. The summed E-state index contributed by atoms with van der Waals surface area (Å²) in [5, 5.41) is 15.4. The summed E-state index contributed by atoms with van der Waals surface area (Å²) in [6, 6.07) is 16.7. The normalized spacial score (nSPS) is 12.5. The number of non-ortho nitro benzene ring substituents is 1. The Balaban J connectivity index is 1.92. The van der Waals surface area contributed by atoms with E-state index in [9.17, 15) is 24.5 Å². The molecule has 0 saturated heterocycles. The number of fused-ring (bicyclic) bond motifs is 1. The van der Waals surface area contributed by atoms with Crippen LogP contribution in [0.2, 0.25) is 0 Å². The highest BCUT2D eigenvalue weighted by Gasteiger charge is 2.32. The van der Waals surface area contributed by atoms with E-state index in [-0.39, 0.29) is 18.7 Å². The number of hydrogen-bond acceptors (Lipinski definition) is 6. The molecule has 3 aromatic carbocycles. The van der Waals surface area contributed by atoms with E-state index in [0.29, 0.717) is 11.1 Å². The lowest BCUT2D eigenvalue weighted by molar-refractivity contribution is -0.384. The number of esters is 1. The Morgan fingerprint density at radius 3 is 2.30 bits per heavy atom. The third-order valence-corrected chi connectivity index (χ3v) is 5.23. The van der Waals surface area contributed by atoms with E-state index >= 15 is 0 Å². The number of nitrogens with one attached hydrogen (secondary N) is 1. The molecule has 0 spiro atoms. The summed E-state index contributed by atoms with van der Waals surface area (Å²) in [5.74, 6) is -2.86. The maximum absolute atomic E-state index is 13.0. The summed E-state index contributed by atoms with van der Waals surface area (Å²) in [4.78, 5) is 48.0. The molecule has 3 N–H and O–H groups in total. The van der Waals surface area contributed by atoms with Crippen LogP contribution in [-0.2, 0) is 14.3 Å². The van der Waals surface area contributed by atoms with Gasteiger partial charge in [-0.1, -0.05) is 42.5 Å². The fraction of sp³-hybridized carbons (Fsp3) is 0.208. The second-order valence-electron chi connectivity index (χ2n) is 7.38. The molecular formula is C24H23N3O6. The van der Waals surface area contributed by atoms with Crippen molar-refractivity contribution in [3.05, 3.63) is 88.0 Å². The van der Waals surface area contributed by atoms with Crippen LogP contribution >= 0.6 is 0 Å². The van der Waals surface area contributed by atoms with Gasteiger partial charge in [0.05, 0.1) is 18.0 Å². The van der Waals surface area contributed by atoms with Gasteiger partial charge in [-0.3, -0.25) is 24.5 Å². The SMILES string of the molecule is CCOC(=O)C[C@H](c1ccc([N+](=O)[O-])cc1)[C@@H](NC(=O)c1ccc2ccccc2c1)C(N)=O. The number of nitro groups is 1. The lowest BCUT2D eigenvalue weighted by atomic mass is 9.87. The minimum Gasteiger partial charge on any atom is -0.466 e. The van der Waals surface area contributed by atoms with Crippen molar-refractivity contribution in [2.45, 2.75) is 25.3 Å². The second kappa shape index (κ2) is 10.4. The van der Waals surface area contributed by atoms with E-state index in [1.165, 1.54) is 24.3 Å². The van der Waals surface area contributed by atoms with Crippen LogP contribution in [0.15, 0.2) is 66.7 Å². The van der Waals surface area contributed by atoms with Gasteiger partial charge < -0.3 is 15.8 Å². The molecular weight excluding hydrogens is 426 g/mol. The maximum atomic E-state index is 13.0. The van der Waals surface area contributed by atoms with Gasteiger partial charge in [-0.2, -0.15) is 0 Å². The van der Waals surface area contributed by atoms with Crippen LogP contribution in [0.25, 0.3) is 10.8 Å². The summed E-state index contributed by atoms with van der Waals surface area (Å²) in [6.45, 7) is 1.78. The van der Waals surface area contributed by atoms with Crippen molar-refractivity contribution in [1.29, 1.82) is 0 Å². The first kappa shape index (κ1) is 23.4. The number of amides is 2. The highest BCUT2D eigenvalue weighted by Crippen LogP contribution is 2.27. The molecule has 2 atom stereocenters. The number of ether oxygens (including phenoxy) is 1. The largest absolute Gasteiger partial charge is 0.466 e. The molecule has 0 heterocycles. The highest BCUT2D eigenvalue weighted by molar-refractivity contribution is 6.00. The van der Waals surface area contributed by atoms with E-state index in [4.69, 9.17) is 10.5 Å². The standard InChI is InChI=1S/C24H23N3O6/c1-2-33-21(28)14-20(16-9-11-19(12-10-16)27(31)32)22(23(25)29)26-24(30)18-8-7-15-5-3-4-6-17(15)13-18/h3-13,20,22H,2,14H2,1H3,(H2,25,29)(H,26,30)/t20-,22-/m1/s1. The molecule has 170 valence electrons. The van der Waals surface area contributed by atoms with Crippen LogP contribution in [0, 0.1) is 10.1 Å². The third kappa shape index (κ3) is 5.70. The summed E-state index contributed by atoms with van der Waals surface area (Å²) < 4.78 is 5.01. The minimum atomic E-state index is -1.25. The van der Waals surface area contributed by atoms with Crippen molar-refractivity contribution in [2.24, 2.45) is 5.73 Å². The summed E-state index contributed by atoms with van der Waals surface area (Å²) in [5.41, 5.74) is 6.20. The quantitative estimate of drug-likeness (QED) is 0.292. The van der Waals surface area contributed by atoms with Gasteiger partial charge in [0, 0.05) is 23.6 Å². The fourth-order valence-corrected chi connectivity index (χ4v) is 3.60. The smallest absolute Gasteiger partial charge is 0.306 e. The van der Waals surface area contributed by atoms with Crippen molar-refractivity contribution >= 4 is 34.2 Å². The fourth-order valence-electron chi connectivity index (χ4n) is 3.60. The number of nitrogens with zero attached hydrogens (tertiary/aromatic N) is 1. The Labute approximate surface area is 189 Å². The molecule has 0 aromatic heterocycles. The zero-order chi connectivity index (χ0) is 24.0. The molecule has 0 aliphatic heterocycles. The summed E-state index contributed by atoms with van der Waals surface area (Å²) in [6.07, 6.45) is -0.253. The number of carbonyl (C=O) groups excluding carboxylic acids is 3. The number of primary amides is 1. The van der Waals surface area contributed by atoms with Gasteiger partial charge in [0.15, 0.2) is 0 Å². The van der Waals surface area contributed by atoms with Crippen LogP contribution < -0.4 is 11.1 Å². The van der Waals surface area contributed by atoms with E-state index in [0.717, 1.165) is 10.8 Å². The molecule has 3 rings (SSSR count). The first-order chi connectivity index (χ1) is 15.8. The number of nitro benzene ring substituents is 1. The topological polar surface area (TPSA) is 142 Å². The van der Waals surface area contributed by atoms with Crippen LogP contribution in [0.5, 0.6) is 0 Å². The Hall–Kier alpha value is -4.27. The number of nitrogens with two attached hydrogens (primary N) is 1. The van der Waals surface area contributed by atoms with E-state index in [1.54, 1.807) is 25.1 Å². The molecule has 0 fully saturated rings. The third-order valence-electron chi connectivity index (χ3n) is 5.23. The predicted octanol–water partition coefficient (Wildman–Crippen LogP) is 3.07. The zero-order valence-electron chi connectivity index (χ0n) is 17.9. The van der Waals surface area contributed by atoms with Crippen LogP contribution in [0.4, 0.5) is 5.69 Å². The van der Waals surface area contributed by atoms with Crippen molar-refractivity contribution in [1.82, 2.24) is 5.32 Å². The molecule has 0 unspecified atom stereocenters. The molecule has 33 heavy (non-hydrogen) atoms. The maximum Gasteiger partial charge on any atom is 0.306 e. The van der Waals surface area contributed by atoms with Crippen molar-refractivity contribution in [3.8, 4) is 0 Å². The van der Waals surface area contributed by atoms with Gasteiger partial charge in [-0.05, 0) is 35.4 Å². The van der Waals surface area contributed by atoms with Gasteiger partial charge in [0.25, 0.3) is 11.6 Å². The van der Waals surface area contributed by atoms with Gasteiger partial charge in [0.1, 0.15) is 6.04 Å². The minimum absolute atomic E-state index is 0.135. The first-order valence-electron chi connectivity index (χ1n) is 10.3. The Morgan fingerprint density at radius 1 is 1.03 bits per heavy atom. The summed E-state index contributed by atoms with van der Waals surface area (Å²) in [7, 11) is 0. The zero-order valence-corrected chi connectivity index (χ0v) is 17.9. The molecule has 0 bridgehead atoms. The average molecular weight is 449 g/mol. The van der Waals surface area contributed by atoms with Gasteiger partial charge in [0.2, 0.25) is 5.91 Å². The summed E-state index contributed by atoms with van der Waals surface area (Å²) >= 11 is 0. The second-order valence-corrected chi connectivity index (χ2v) is 7.38. The molecule has 0 radical (unpaired) electrons. The molecule has 0 saturated carbocycles. The van der Waals surface area contributed by atoms with Crippen molar-refractivity contribution in [2.75, 3.05) is 6.61 Å². The Morgan fingerprint density at radius 2 is 1.70 bits per heavy atom. The lowest BCUT2D eigenvalue weighted by Gasteiger charge is -2.25. The van der Waals surface area contributed by atoms with E-state index in [2.05, 4.69) is 5.32 Å². The van der Waals surface area contributed by atoms with E-state index in [1.807, 2.05) is 24.3 Å². The van der Waals surface area contributed by atoms with Gasteiger partial charge in [-0.15, -0.1) is 0 Å². The van der Waals surface area contributed by atoms with Crippen molar-refractivity contribution < 1.29 is 24.0 Å². The Bertz CT molecular complexity index is 1190. The lowest BCUT2D eigenvalue weighted by Crippen LogP contribution is -2.48. The van der Waals surface area contributed by atoms with Crippen LogP contribution in [-0.4, -0.2) is 35.4 Å². The van der Waals surface area contributed by atoms with Crippen LogP contribution in [0.3, 0.4) is 0 Å². The van der Waals surface area contributed by atoms with Gasteiger partial charge >= 0.3 is 5.97 Å². The average Bonchev–Trinajstić information content (AvgIpc) is 2.81. The molecule has 9 heteroatoms. The molecule has 2 amide bonds. The van der Waals surface area contributed by atoms with E-state index < -0.39 is 34.7 Å². The predicted molar refractivity (Wildman–Crippen MR) is 121 cm³/mol. The van der Waals surface area contributed by atoms with Crippen LogP contribution in [0.1, 0.15) is 35.2 Å². The molecule has 9 nitrogen and oxygen atoms in total. The highest BCUT2D eigenvalue weighted by atomic mass is 16.6. The van der Waals surface area contributed by atoms with Crippen molar-refractivity contribution in [3.63, 3.8) is 0 Å². The Kier molecular flexibility index (Phi) is 7.34. The number of rotatable bonds is 9. The molecule has 0 aliphatic rings. The monoisotopic (exact) mass is 449 g/mol. The first-order valence-corrected chi connectivity index (χ1v) is 10.3. The number of carbonyl (C=O) groups is 3. The number of hydrogen-bond donors (Lipinski definition) is 2. The number of benzene rings is 3. The van der Waals surface area contributed by atoms with Gasteiger partial charge in [-0.25, -0.2) is 0 Å². The molecule has 3 aromatic rings.